The highest BCUT2D eigenvalue weighted by molar-refractivity contribution is 6.00. The minimum absolute atomic E-state index is 0.0810. The van der Waals surface area contributed by atoms with Crippen LogP contribution in [0.15, 0.2) is 28.2 Å². The highest BCUT2D eigenvalue weighted by Gasteiger charge is 2.41. The number of hydrogen-bond donors (Lipinski definition) is 2. The molecule has 1 aromatic rings. The lowest BCUT2D eigenvalue weighted by atomic mass is 9.70. The molecule has 5 rings (SSSR count). The molecule has 0 amide bonds. The fourth-order valence-electron chi connectivity index (χ4n) is 5.34. The Bertz CT molecular complexity index is 908. The molecule has 0 unspecified atom stereocenters. The maximum atomic E-state index is 13.2. The highest BCUT2D eigenvalue weighted by Crippen LogP contribution is 2.46. The zero-order valence-corrected chi connectivity index (χ0v) is 16.3. The van der Waals surface area contributed by atoms with Crippen LogP contribution in [-0.4, -0.2) is 28.8 Å². The van der Waals surface area contributed by atoms with E-state index in [1.54, 1.807) is 0 Å². The summed E-state index contributed by atoms with van der Waals surface area (Å²) >= 11 is 0. The van der Waals surface area contributed by atoms with Crippen molar-refractivity contribution in [3.05, 3.63) is 39.3 Å². The first kappa shape index (κ1) is 17.7. The lowest BCUT2D eigenvalue weighted by Crippen LogP contribution is -2.38. The number of anilines is 2. The first-order chi connectivity index (χ1) is 13.7. The van der Waals surface area contributed by atoms with Crippen molar-refractivity contribution < 1.29 is 4.79 Å². The van der Waals surface area contributed by atoms with Gasteiger partial charge in [-0.25, -0.2) is 0 Å². The van der Waals surface area contributed by atoms with Crippen molar-refractivity contribution in [1.82, 2.24) is 9.97 Å². The number of allylic oxidation sites excluding steroid dienone is 4. The number of Topliss-reactive ketones (excluding diaryl/α,β-unsaturated/α-hetero) is 1. The summed E-state index contributed by atoms with van der Waals surface area (Å²) < 4.78 is 0. The molecule has 0 radical (unpaired) electrons. The van der Waals surface area contributed by atoms with Crippen LogP contribution in [0.4, 0.5) is 11.8 Å². The van der Waals surface area contributed by atoms with Gasteiger partial charge in [-0.15, -0.1) is 0 Å². The van der Waals surface area contributed by atoms with Crippen molar-refractivity contribution in [3.8, 4) is 0 Å². The molecule has 2 aliphatic heterocycles. The van der Waals surface area contributed by atoms with Crippen LogP contribution in [0, 0.1) is 5.92 Å². The molecule has 28 heavy (non-hydrogen) atoms. The van der Waals surface area contributed by atoms with Crippen LogP contribution in [0.5, 0.6) is 0 Å². The summed E-state index contributed by atoms with van der Waals surface area (Å²) in [4.78, 5) is 36.2. The lowest BCUT2D eigenvalue weighted by molar-refractivity contribution is -0.116. The van der Waals surface area contributed by atoms with E-state index in [2.05, 4.69) is 27.4 Å². The smallest absolute Gasteiger partial charge is 0.258 e. The average Bonchev–Trinajstić information content (AvgIpc) is 2.73. The molecule has 0 spiro atoms. The standard InChI is InChI=1S/C22H28N4O2/c27-16-11-7-10-15-18(16)17(14-8-3-1-4-9-14)19-20(23-15)24-22(25-21(19)28)26-12-5-2-6-13-26/h1,3,14,17H,2,4-13H2,(H2,23,24,25,28)/t14-,17+/m0/s1. The molecule has 3 heterocycles. The summed E-state index contributed by atoms with van der Waals surface area (Å²) in [6.45, 7) is 1.87. The molecule has 2 atom stereocenters. The van der Waals surface area contributed by atoms with Gasteiger partial charge in [0.15, 0.2) is 5.78 Å². The van der Waals surface area contributed by atoms with Crippen LogP contribution in [0.1, 0.15) is 69.3 Å². The van der Waals surface area contributed by atoms with Crippen LogP contribution < -0.4 is 15.8 Å². The molecule has 1 aromatic heterocycles. The molecule has 6 nitrogen and oxygen atoms in total. The second kappa shape index (κ2) is 7.22. The normalized spacial score (nSPS) is 27.3. The maximum absolute atomic E-state index is 13.2. The van der Waals surface area contributed by atoms with Gasteiger partial charge in [0.05, 0.1) is 5.56 Å². The number of hydrogen-bond acceptors (Lipinski definition) is 5. The van der Waals surface area contributed by atoms with E-state index in [9.17, 15) is 9.59 Å². The van der Waals surface area contributed by atoms with Crippen LogP contribution >= 0.6 is 0 Å². The molecule has 4 aliphatic rings. The average molecular weight is 380 g/mol. The van der Waals surface area contributed by atoms with Gasteiger partial charge in [0, 0.05) is 36.7 Å². The van der Waals surface area contributed by atoms with Crippen molar-refractivity contribution in [1.29, 1.82) is 0 Å². The Morgan fingerprint density at radius 1 is 1.04 bits per heavy atom. The van der Waals surface area contributed by atoms with E-state index in [4.69, 9.17) is 4.98 Å². The molecule has 148 valence electrons. The number of aromatic amines is 1. The molecule has 0 aromatic carbocycles. The van der Waals surface area contributed by atoms with E-state index in [0.717, 1.165) is 69.3 Å². The summed E-state index contributed by atoms with van der Waals surface area (Å²) in [6, 6.07) is 0. The predicted molar refractivity (Wildman–Crippen MR) is 110 cm³/mol. The number of aromatic nitrogens is 2. The molecule has 1 fully saturated rings. The van der Waals surface area contributed by atoms with Gasteiger partial charge in [-0.3, -0.25) is 14.6 Å². The van der Waals surface area contributed by atoms with Gasteiger partial charge in [-0.1, -0.05) is 12.2 Å². The molecule has 0 saturated carbocycles. The topological polar surface area (TPSA) is 78.1 Å². The number of H-pyrrole nitrogens is 1. The van der Waals surface area contributed by atoms with Crippen LogP contribution in [0.25, 0.3) is 0 Å². The quantitative estimate of drug-likeness (QED) is 0.766. The second-order valence-electron chi connectivity index (χ2n) is 8.52. The summed E-state index contributed by atoms with van der Waals surface area (Å²) in [7, 11) is 0. The van der Waals surface area contributed by atoms with Crippen LogP contribution in [0.2, 0.25) is 0 Å². The number of nitrogens with one attached hydrogen (secondary N) is 2. The molecule has 6 heteroatoms. The number of ketones is 1. The predicted octanol–water partition coefficient (Wildman–Crippen LogP) is 3.63. The Morgan fingerprint density at radius 2 is 1.89 bits per heavy atom. The summed E-state index contributed by atoms with van der Waals surface area (Å²) in [6.07, 6.45) is 13.2. The van der Waals surface area contributed by atoms with Crippen molar-refractivity contribution in [2.24, 2.45) is 5.92 Å². The van der Waals surface area contributed by atoms with Gasteiger partial charge in [0.2, 0.25) is 5.95 Å². The van der Waals surface area contributed by atoms with Gasteiger partial charge >= 0.3 is 0 Å². The van der Waals surface area contributed by atoms with Crippen molar-refractivity contribution in [2.45, 2.75) is 63.7 Å². The van der Waals surface area contributed by atoms with Gasteiger partial charge < -0.3 is 10.2 Å². The van der Waals surface area contributed by atoms with E-state index in [1.165, 1.54) is 6.42 Å². The zero-order chi connectivity index (χ0) is 19.1. The van der Waals surface area contributed by atoms with Crippen molar-refractivity contribution >= 4 is 17.5 Å². The van der Waals surface area contributed by atoms with Crippen molar-refractivity contribution in [2.75, 3.05) is 23.3 Å². The minimum Gasteiger partial charge on any atom is -0.343 e. The van der Waals surface area contributed by atoms with Gasteiger partial charge in [-0.2, -0.15) is 4.98 Å². The zero-order valence-electron chi connectivity index (χ0n) is 16.3. The van der Waals surface area contributed by atoms with Gasteiger partial charge in [0.1, 0.15) is 5.82 Å². The number of nitrogens with zero attached hydrogens (tertiary/aromatic N) is 2. The summed E-state index contributed by atoms with van der Waals surface area (Å²) in [5.41, 5.74) is 2.46. The molecule has 1 saturated heterocycles. The minimum atomic E-state index is -0.129. The van der Waals surface area contributed by atoms with E-state index in [-0.39, 0.29) is 17.3 Å². The lowest BCUT2D eigenvalue weighted by Gasteiger charge is -2.37. The maximum Gasteiger partial charge on any atom is 0.258 e. The van der Waals surface area contributed by atoms with E-state index >= 15 is 0 Å². The van der Waals surface area contributed by atoms with Crippen LogP contribution in [-0.2, 0) is 4.79 Å². The van der Waals surface area contributed by atoms with E-state index in [1.807, 2.05) is 0 Å². The van der Waals surface area contributed by atoms with Crippen LogP contribution in [0.3, 0.4) is 0 Å². The van der Waals surface area contributed by atoms with E-state index in [0.29, 0.717) is 29.7 Å². The highest BCUT2D eigenvalue weighted by atomic mass is 16.1. The Labute approximate surface area is 165 Å². The molecule has 2 N–H and O–H groups in total. The number of rotatable bonds is 2. The van der Waals surface area contributed by atoms with Crippen molar-refractivity contribution in [3.63, 3.8) is 0 Å². The van der Waals surface area contributed by atoms with E-state index < -0.39 is 0 Å². The fraction of sp³-hybridized carbons (Fsp3) is 0.591. The monoisotopic (exact) mass is 380 g/mol. The Kier molecular flexibility index (Phi) is 4.57. The molecule has 0 bridgehead atoms. The third-order valence-electron chi connectivity index (χ3n) is 6.73. The Balaban J connectivity index is 1.61. The molecular formula is C22H28N4O2. The third-order valence-corrected chi connectivity index (χ3v) is 6.73. The van der Waals surface area contributed by atoms with Gasteiger partial charge in [0.25, 0.3) is 5.56 Å². The molecule has 2 aliphatic carbocycles. The largest absolute Gasteiger partial charge is 0.343 e. The Hall–Kier alpha value is -2.37. The Morgan fingerprint density at radius 3 is 2.68 bits per heavy atom. The second-order valence-corrected chi connectivity index (χ2v) is 8.52. The molecular weight excluding hydrogens is 352 g/mol. The number of piperidine rings is 1. The number of fused-ring (bicyclic) bond motifs is 1. The number of carbonyl (C=O) groups excluding carboxylic acids is 1. The summed E-state index contributed by atoms with van der Waals surface area (Å²) in [5, 5.41) is 3.40. The first-order valence-corrected chi connectivity index (χ1v) is 10.8. The fourth-order valence-corrected chi connectivity index (χ4v) is 5.34. The SMILES string of the molecule is O=C1CCCC2=C1[C@@H]([C@H]1CC=CCC1)c1c(nc(N3CCCCC3)[nH]c1=O)N2. The number of carbonyl (C=O) groups is 1. The third kappa shape index (κ3) is 2.99. The summed E-state index contributed by atoms with van der Waals surface area (Å²) in [5.74, 6) is 1.72. The van der Waals surface area contributed by atoms with Gasteiger partial charge in [-0.05, 0) is 57.3 Å². The first-order valence-electron chi connectivity index (χ1n) is 10.8.